The van der Waals surface area contributed by atoms with E-state index in [1.54, 1.807) is 0 Å². The van der Waals surface area contributed by atoms with Crippen molar-refractivity contribution in [1.82, 2.24) is 10.2 Å². The molecule has 2 saturated heterocycles. The third kappa shape index (κ3) is 3.12. The number of piperidine rings is 1. The van der Waals surface area contributed by atoms with Gasteiger partial charge in [0.15, 0.2) is 0 Å². The number of hydrogen-bond acceptors (Lipinski definition) is 3. The van der Waals surface area contributed by atoms with Crippen molar-refractivity contribution >= 4 is 6.09 Å². The second kappa shape index (κ2) is 4.48. The van der Waals surface area contributed by atoms with E-state index >= 15 is 0 Å². The number of carbonyl (C=O) groups is 1. The van der Waals surface area contributed by atoms with Gasteiger partial charge in [0.1, 0.15) is 5.60 Å². The van der Waals surface area contributed by atoms with Gasteiger partial charge in [-0.3, -0.25) is 0 Å². The van der Waals surface area contributed by atoms with Crippen molar-refractivity contribution in [2.45, 2.75) is 57.6 Å². The number of likely N-dealkylation sites (tertiary alicyclic amines) is 1. The molecule has 1 atom stereocenters. The van der Waals surface area contributed by atoms with Gasteiger partial charge in [0.2, 0.25) is 0 Å². The van der Waals surface area contributed by atoms with Crippen LogP contribution in [-0.4, -0.2) is 41.8 Å². The van der Waals surface area contributed by atoms with Crippen LogP contribution in [0.1, 0.15) is 46.5 Å². The fourth-order valence-electron chi connectivity index (χ4n) is 2.73. The minimum atomic E-state index is -0.396. The van der Waals surface area contributed by atoms with Crippen molar-refractivity contribution in [2.24, 2.45) is 0 Å². The highest BCUT2D eigenvalue weighted by atomic mass is 16.6. The summed E-state index contributed by atoms with van der Waals surface area (Å²) in [5.74, 6) is 0. The van der Waals surface area contributed by atoms with Crippen LogP contribution in [0.25, 0.3) is 0 Å². The van der Waals surface area contributed by atoms with E-state index in [1.807, 2.05) is 25.7 Å². The summed E-state index contributed by atoms with van der Waals surface area (Å²) >= 11 is 0. The smallest absolute Gasteiger partial charge is 0.410 e. The number of rotatable bonds is 0. The predicted octanol–water partition coefficient (Wildman–Crippen LogP) is 2.14. The Bertz CT molecular complexity index is 290. The van der Waals surface area contributed by atoms with Gasteiger partial charge in [-0.15, -0.1) is 0 Å². The third-order valence-corrected chi connectivity index (χ3v) is 3.59. The fraction of sp³-hybridized carbons (Fsp3) is 0.923. The lowest BCUT2D eigenvalue weighted by Gasteiger charge is -2.34. The first kappa shape index (κ1) is 12.7. The summed E-state index contributed by atoms with van der Waals surface area (Å²) in [6, 6.07) is 0. The molecule has 0 aromatic heterocycles. The van der Waals surface area contributed by atoms with Crippen molar-refractivity contribution in [3.05, 3.63) is 0 Å². The summed E-state index contributed by atoms with van der Waals surface area (Å²) in [7, 11) is 0. The largest absolute Gasteiger partial charge is 0.444 e. The lowest BCUT2D eigenvalue weighted by Crippen LogP contribution is -2.51. The lowest BCUT2D eigenvalue weighted by atomic mass is 9.88. The standard InChI is InChI=1S/C13H24N2O2/c1-12(2,3)17-11(16)15-9-7-13(10-15)6-4-5-8-14-13/h14H,4-10H2,1-3H3/t13-/m1/s1. The molecule has 2 rings (SSSR count). The Labute approximate surface area is 104 Å². The number of carbonyl (C=O) groups excluding carboxylic acids is 1. The van der Waals surface area contributed by atoms with Gasteiger partial charge in [-0.2, -0.15) is 0 Å². The maximum atomic E-state index is 12.0. The molecular formula is C13H24N2O2. The highest BCUT2D eigenvalue weighted by molar-refractivity contribution is 5.68. The van der Waals surface area contributed by atoms with Crippen LogP contribution in [-0.2, 0) is 4.74 Å². The molecule has 0 unspecified atom stereocenters. The summed E-state index contributed by atoms with van der Waals surface area (Å²) in [4.78, 5) is 13.8. The van der Waals surface area contributed by atoms with Gasteiger partial charge in [-0.25, -0.2) is 4.79 Å². The molecule has 2 aliphatic heterocycles. The normalized spacial score (nSPS) is 29.7. The van der Waals surface area contributed by atoms with Crippen LogP contribution < -0.4 is 5.32 Å². The summed E-state index contributed by atoms with van der Waals surface area (Å²) in [6.07, 6.45) is 4.61. The molecule has 2 heterocycles. The summed E-state index contributed by atoms with van der Waals surface area (Å²) in [6.45, 7) is 8.45. The molecule has 98 valence electrons. The van der Waals surface area contributed by atoms with E-state index in [1.165, 1.54) is 19.3 Å². The zero-order valence-corrected chi connectivity index (χ0v) is 11.2. The van der Waals surface area contributed by atoms with Gasteiger partial charge in [-0.05, 0) is 46.6 Å². The predicted molar refractivity (Wildman–Crippen MR) is 67.0 cm³/mol. The van der Waals surface area contributed by atoms with E-state index in [4.69, 9.17) is 4.74 Å². The number of nitrogens with zero attached hydrogens (tertiary/aromatic N) is 1. The Morgan fingerprint density at radius 2 is 2.06 bits per heavy atom. The lowest BCUT2D eigenvalue weighted by molar-refractivity contribution is 0.0276. The summed E-state index contributed by atoms with van der Waals surface area (Å²) < 4.78 is 5.41. The third-order valence-electron chi connectivity index (χ3n) is 3.59. The highest BCUT2D eigenvalue weighted by Gasteiger charge is 2.41. The van der Waals surface area contributed by atoms with Gasteiger partial charge in [-0.1, -0.05) is 6.42 Å². The highest BCUT2D eigenvalue weighted by Crippen LogP contribution is 2.30. The van der Waals surface area contributed by atoms with E-state index < -0.39 is 5.60 Å². The molecule has 2 fully saturated rings. The number of ether oxygens (including phenoxy) is 1. The average molecular weight is 240 g/mol. The van der Waals surface area contributed by atoms with Crippen LogP contribution in [0.3, 0.4) is 0 Å². The van der Waals surface area contributed by atoms with Crippen molar-refractivity contribution in [3.8, 4) is 0 Å². The van der Waals surface area contributed by atoms with E-state index in [-0.39, 0.29) is 11.6 Å². The summed E-state index contributed by atoms with van der Waals surface area (Å²) in [5.41, 5.74) is -0.220. The molecule has 1 spiro atoms. The first-order chi connectivity index (χ1) is 7.90. The molecule has 4 nitrogen and oxygen atoms in total. The molecule has 0 bridgehead atoms. The van der Waals surface area contributed by atoms with Crippen molar-refractivity contribution in [2.75, 3.05) is 19.6 Å². The van der Waals surface area contributed by atoms with Crippen LogP contribution in [0.15, 0.2) is 0 Å². The Morgan fingerprint density at radius 3 is 2.65 bits per heavy atom. The molecule has 0 saturated carbocycles. The minimum Gasteiger partial charge on any atom is -0.444 e. The number of hydrogen-bond donors (Lipinski definition) is 1. The van der Waals surface area contributed by atoms with Crippen LogP contribution in [0, 0.1) is 0 Å². The van der Waals surface area contributed by atoms with Gasteiger partial charge in [0, 0.05) is 18.6 Å². The number of amides is 1. The van der Waals surface area contributed by atoms with Crippen molar-refractivity contribution in [1.29, 1.82) is 0 Å². The van der Waals surface area contributed by atoms with Crippen LogP contribution >= 0.6 is 0 Å². The zero-order chi connectivity index (χ0) is 12.5. The van der Waals surface area contributed by atoms with Crippen LogP contribution in [0.2, 0.25) is 0 Å². The number of nitrogens with one attached hydrogen (secondary N) is 1. The first-order valence-corrected chi connectivity index (χ1v) is 6.63. The van der Waals surface area contributed by atoms with Gasteiger partial charge in [0.05, 0.1) is 0 Å². The molecule has 0 aromatic rings. The first-order valence-electron chi connectivity index (χ1n) is 6.63. The van der Waals surface area contributed by atoms with E-state index in [9.17, 15) is 4.79 Å². The molecule has 0 aliphatic carbocycles. The van der Waals surface area contributed by atoms with Crippen molar-refractivity contribution in [3.63, 3.8) is 0 Å². The van der Waals surface area contributed by atoms with Gasteiger partial charge in [0.25, 0.3) is 0 Å². The van der Waals surface area contributed by atoms with Crippen molar-refractivity contribution < 1.29 is 9.53 Å². The Kier molecular flexibility index (Phi) is 3.34. The SMILES string of the molecule is CC(C)(C)OC(=O)N1CC[C@]2(CCCCN2)C1. The Balaban J connectivity index is 1.91. The Hall–Kier alpha value is -0.770. The molecule has 4 heteroatoms. The zero-order valence-electron chi connectivity index (χ0n) is 11.2. The topological polar surface area (TPSA) is 41.6 Å². The van der Waals surface area contributed by atoms with E-state index in [0.717, 1.165) is 26.1 Å². The Morgan fingerprint density at radius 1 is 1.29 bits per heavy atom. The second-order valence-corrected chi connectivity index (χ2v) is 6.32. The monoisotopic (exact) mass is 240 g/mol. The van der Waals surface area contributed by atoms with Crippen LogP contribution in [0.5, 0.6) is 0 Å². The molecule has 17 heavy (non-hydrogen) atoms. The van der Waals surface area contributed by atoms with E-state index in [0.29, 0.717) is 0 Å². The van der Waals surface area contributed by atoms with Gasteiger partial charge < -0.3 is 15.0 Å². The molecule has 0 aromatic carbocycles. The molecule has 1 amide bonds. The molecule has 2 aliphatic rings. The minimum absolute atomic E-state index is 0.165. The van der Waals surface area contributed by atoms with Gasteiger partial charge >= 0.3 is 6.09 Å². The maximum absolute atomic E-state index is 12.0. The second-order valence-electron chi connectivity index (χ2n) is 6.32. The molecule has 1 N–H and O–H groups in total. The quantitative estimate of drug-likeness (QED) is 0.705. The van der Waals surface area contributed by atoms with Crippen LogP contribution in [0.4, 0.5) is 4.79 Å². The van der Waals surface area contributed by atoms with E-state index in [2.05, 4.69) is 5.32 Å². The average Bonchev–Trinajstić information content (AvgIpc) is 2.61. The molecule has 0 radical (unpaired) electrons. The summed E-state index contributed by atoms with van der Waals surface area (Å²) in [5, 5.41) is 3.59. The molecular weight excluding hydrogens is 216 g/mol. The maximum Gasteiger partial charge on any atom is 0.410 e. The fourth-order valence-corrected chi connectivity index (χ4v) is 2.73.